The van der Waals surface area contributed by atoms with Crippen molar-refractivity contribution in [1.82, 2.24) is 20.0 Å². The molecule has 0 aromatic carbocycles. The molecule has 1 atom stereocenters. The third-order valence-corrected chi connectivity index (χ3v) is 3.67. The average Bonchev–Trinajstić information content (AvgIpc) is 2.71. The number of ether oxygens (including phenoxy) is 1. The Morgan fingerprint density at radius 3 is 2.95 bits per heavy atom. The summed E-state index contributed by atoms with van der Waals surface area (Å²) in [5, 5.41) is 7.94. The van der Waals surface area contributed by atoms with Crippen LogP contribution in [-0.4, -0.2) is 25.9 Å². The fourth-order valence-electron chi connectivity index (χ4n) is 1.68. The van der Waals surface area contributed by atoms with Crippen LogP contribution in [0.2, 0.25) is 5.15 Å². The summed E-state index contributed by atoms with van der Waals surface area (Å²) in [6.07, 6.45) is 1.19. The van der Waals surface area contributed by atoms with Gasteiger partial charge in [0.1, 0.15) is 11.3 Å². The van der Waals surface area contributed by atoms with Crippen molar-refractivity contribution >= 4 is 33.5 Å². The van der Waals surface area contributed by atoms with E-state index in [2.05, 4.69) is 31.2 Å². The van der Waals surface area contributed by atoms with Gasteiger partial charge in [0.25, 0.3) is 0 Å². The van der Waals surface area contributed by atoms with Gasteiger partial charge in [0, 0.05) is 18.8 Å². The number of aryl methyl sites for hydroxylation is 1. The van der Waals surface area contributed by atoms with Gasteiger partial charge in [0.15, 0.2) is 4.60 Å². The normalized spacial score (nSPS) is 12.2. The van der Waals surface area contributed by atoms with Crippen molar-refractivity contribution in [3.63, 3.8) is 0 Å². The number of carbonyl (C=O) groups excluding carboxylic acids is 1. The summed E-state index contributed by atoms with van der Waals surface area (Å²) >= 11 is 9.20. The van der Waals surface area contributed by atoms with Crippen molar-refractivity contribution < 1.29 is 9.53 Å². The highest BCUT2D eigenvalue weighted by Crippen LogP contribution is 2.24. The lowest BCUT2D eigenvalue weighted by atomic mass is 10.2. The minimum absolute atomic E-state index is 0.0757. The number of pyridine rings is 1. The van der Waals surface area contributed by atoms with Crippen LogP contribution < -0.4 is 0 Å². The first kappa shape index (κ1) is 14.9. The minimum Gasteiger partial charge on any atom is -0.457 e. The van der Waals surface area contributed by atoms with Crippen molar-refractivity contribution in [1.29, 1.82) is 0 Å². The third kappa shape index (κ3) is 3.34. The molecule has 0 amide bonds. The van der Waals surface area contributed by atoms with E-state index in [1.807, 2.05) is 0 Å². The van der Waals surface area contributed by atoms with Gasteiger partial charge in [-0.25, -0.2) is 4.98 Å². The lowest BCUT2D eigenvalue weighted by molar-refractivity contribution is -0.147. The first-order chi connectivity index (χ1) is 9.49. The van der Waals surface area contributed by atoms with E-state index in [1.54, 1.807) is 32.3 Å². The minimum atomic E-state index is -0.469. The van der Waals surface area contributed by atoms with Crippen LogP contribution in [0, 0.1) is 0 Å². The molecule has 2 rings (SSSR count). The summed E-state index contributed by atoms with van der Waals surface area (Å²) in [7, 11) is 1.71. The van der Waals surface area contributed by atoms with Crippen molar-refractivity contribution in [3.8, 4) is 0 Å². The molecule has 20 heavy (non-hydrogen) atoms. The molecule has 106 valence electrons. The maximum atomic E-state index is 11.9. The SMILES string of the molecule is C[C@@H](OC(=O)Cc1c(Br)nnn1C)c1cccnc1Cl. The van der Waals surface area contributed by atoms with E-state index in [-0.39, 0.29) is 12.4 Å². The number of nitrogens with zero attached hydrogens (tertiary/aromatic N) is 4. The van der Waals surface area contributed by atoms with E-state index in [4.69, 9.17) is 16.3 Å². The lowest BCUT2D eigenvalue weighted by Crippen LogP contribution is -2.14. The van der Waals surface area contributed by atoms with Crippen LogP contribution in [0.5, 0.6) is 0 Å². The van der Waals surface area contributed by atoms with Gasteiger partial charge >= 0.3 is 5.97 Å². The lowest BCUT2D eigenvalue weighted by Gasteiger charge is -2.14. The van der Waals surface area contributed by atoms with Gasteiger partial charge in [-0.3, -0.25) is 9.48 Å². The van der Waals surface area contributed by atoms with E-state index in [0.29, 0.717) is 21.0 Å². The highest BCUT2D eigenvalue weighted by Gasteiger charge is 2.18. The Labute approximate surface area is 129 Å². The van der Waals surface area contributed by atoms with Crippen molar-refractivity contribution in [2.45, 2.75) is 19.4 Å². The number of rotatable bonds is 4. The Kier molecular flexibility index (Phi) is 4.72. The van der Waals surface area contributed by atoms with Gasteiger partial charge < -0.3 is 4.74 Å². The summed E-state index contributed by atoms with van der Waals surface area (Å²) in [4.78, 5) is 15.9. The van der Waals surface area contributed by atoms with Crippen molar-refractivity contribution in [3.05, 3.63) is 39.3 Å². The quantitative estimate of drug-likeness (QED) is 0.619. The summed E-state index contributed by atoms with van der Waals surface area (Å²) < 4.78 is 7.40. The molecule has 0 saturated heterocycles. The Morgan fingerprint density at radius 1 is 1.60 bits per heavy atom. The highest BCUT2D eigenvalue weighted by atomic mass is 79.9. The molecule has 6 nitrogen and oxygen atoms in total. The Bertz CT molecular complexity index is 612. The zero-order chi connectivity index (χ0) is 14.7. The van der Waals surface area contributed by atoms with Crippen LogP contribution in [-0.2, 0) is 23.0 Å². The summed E-state index contributed by atoms with van der Waals surface area (Å²) in [5.74, 6) is -0.386. The Hall–Kier alpha value is -1.47. The maximum absolute atomic E-state index is 11.9. The summed E-state index contributed by atoms with van der Waals surface area (Å²) in [6.45, 7) is 1.75. The summed E-state index contributed by atoms with van der Waals surface area (Å²) in [5.41, 5.74) is 1.32. The predicted octanol–water partition coefficient (Wildman–Crippen LogP) is 2.47. The largest absolute Gasteiger partial charge is 0.457 e. The standard InChI is InChI=1S/C12H12BrClN4O2/c1-7(8-4-3-5-15-12(8)14)20-10(19)6-9-11(13)16-17-18(9)2/h3-5,7H,6H2,1-2H3/t7-/m1/s1. The molecule has 2 heterocycles. The van der Waals surface area contributed by atoms with Crippen LogP contribution >= 0.6 is 27.5 Å². The van der Waals surface area contributed by atoms with Gasteiger partial charge in [-0.1, -0.05) is 22.9 Å². The highest BCUT2D eigenvalue weighted by molar-refractivity contribution is 9.10. The average molecular weight is 360 g/mol. The van der Waals surface area contributed by atoms with E-state index in [0.717, 1.165) is 0 Å². The van der Waals surface area contributed by atoms with Gasteiger partial charge in [-0.2, -0.15) is 0 Å². The second-order valence-electron chi connectivity index (χ2n) is 4.14. The second-order valence-corrected chi connectivity index (χ2v) is 5.25. The fourth-order valence-corrected chi connectivity index (χ4v) is 2.42. The number of esters is 1. The number of hydrogen-bond donors (Lipinski definition) is 0. The molecule has 2 aromatic rings. The smallest absolute Gasteiger partial charge is 0.312 e. The molecule has 0 aliphatic rings. The Morgan fingerprint density at radius 2 is 2.35 bits per heavy atom. The molecule has 0 fully saturated rings. The van der Waals surface area contributed by atoms with E-state index in [9.17, 15) is 4.79 Å². The number of carbonyl (C=O) groups is 1. The first-order valence-electron chi connectivity index (χ1n) is 5.83. The number of aromatic nitrogens is 4. The number of hydrogen-bond acceptors (Lipinski definition) is 5. The van der Waals surface area contributed by atoms with E-state index >= 15 is 0 Å². The van der Waals surface area contributed by atoms with Crippen molar-refractivity contribution in [2.24, 2.45) is 7.05 Å². The molecule has 0 N–H and O–H groups in total. The zero-order valence-corrected chi connectivity index (χ0v) is 13.2. The molecule has 0 radical (unpaired) electrons. The van der Waals surface area contributed by atoms with Crippen LogP contribution in [0.25, 0.3) is 0 Å². The van der Waals surface area contributed by atoms with Crippen LogP contribution in [0.1, 0.15) is 24.3 Å². The second kappa shape index (κ2) is 6.32. The third-order valence-electron chi connectivity index (χ3n) is 2.74. The van der Waals surface area contributed by atoms with Crippen LogP contribution in [0.3, 0.4) is 0 Å². The molecule has 0 bridgehead atoms. The molecule has 0 unspecified atom stereocenters. The van der Waals surface area contributed by atoms with Crippen LogP contribution in [0.15, 0.2) is 22.9 Å². The Balaban J connectivity index is 2.04. The number of halogens is 2. The first-order valence-corrected chi connectivity index (χ1v) is 7.00. The molecular weight excluding hydrogens is 348 g/mol. The van der Waals surface area contributed by atoms with Gasteiger partial charge in [0.05, 0.1) is 12.1 Å². The molecule has 0 spiro atoms. The molecule has 0 aliphatic carbocycles. The topological polar surface area (TPSA) is 69.9 Å². The molecule has 2 aromatic heterocycles. The van der Waals surface area contributed by atoms with Gasteiger partial charge in [-0.15, -0.1) is 5.10 Å². The van der Waals surface area contributed by atoms with Crippen LogP contribution in [0.4, 0.5) is 0 Å². The van der Waals surface area contributed by atoms with Gasteiger partial charge in [-0.05, 0) is 28.9 Å². The predicted molar refractivity (Wildman–Crippen MR) is 76.2 cm³/mol. The zero-order valence-electron chi connectivity index (χ0n) is 10.9. The molecular formula is C12H12BrClN4O2. The molecule has 0 saturated carbocycles. The van der Waals surface area contributed by atoms with Crippen molar-refractivity contribution in [2.75, 3.05) is 0 Å². The summed E-state index contributed by atoms with van der Waals surface area (Å²) in [6, 6.07) is 3.52. The molecule has 0 aliphatic heterocycles. The maximum Gasteiger partial charge on any atom is 0.312 e. The van der Waals surface area contributed by atoms with E-state index < -0.39 is 6.10 Å². The fraction of sp³-hybridized carbons (Fsp3) is 0.333. The molecule has 8 heteroatoms. The van der Waals surface area contributed by atoms with E-state index in [1.165, 1.54) is 4.68 Å². The van der Waals surface area contributed by atoms with Gasteiger partial charge in [0.2, 0.25) is 0 Å². The monoisotopic (exact) mass is 358 g/mol.